The monoisotopic (exact) mass is 348 g/mol. The van der Waals surface area contributed by atoms with Crippen LogP contribution < -0.4 is 0 Å². The van der Waals surface area contributed by atoms with Crippen molar-refractivity contribution in [2.45, 2.75) is 25.6 Å². The summed E-state index contributed by atoms with van der Waals surface area (Å²) < 4.78 is 49.2. The molecule has 8 nitrogen and oxygen atoms in total. The van der Waals surface area contributed by atoms with Gasteiger partial charge in [0.1, 0.15) is 0 Å². The summed E-state index contributed by atoms with van der Waals surface area (Å²) in [6.07, 6.45) is 2.75. The van der Waals surface area contributed by atoms with Crippen LogP contribution in [0.3, 0.4) is 0 Å². The first kappa shape index (κ1) is 15.9. The van der Waals surface area contributed by atoms with Gasteiger partial charge in [0, 0.05) is 31.4 Å². The van der Waals surface area contributed by atoms with Crippen LogP contribution in [0, 0.1) is 6.92 Å². The zero-order chi connectivity index (χ0) is 16.1. The van der Waals surface area contributed by atoms with Crippen LogP contribution in [-0.2, 0) is 26.4 Å². The molecule has 0 unspecified atom stereocenters. The van der Waals surface area contributed by atoms with Gasteiger partial charge in [-0.2, -0.15) is 4.31 Å². The van der Waals surface area contributed by atoms with Crippen LogP contribution in [0.4, 0.5) is 0 Å². The van der Waals surface area contributed by atoms with E-state index in [1.165, 1.54) is 4.31 Å². The number of H-pyrrole nitrogens is 1. The number of aromatic amines is 1. The Balaban J connectivity index is 1.88. The number of hydrogen-bond donors (Lipinski definition) is 1. The lowest BCUT2D eigenvalue weighted by molar-refractivity contribution is 0.0883. The molecule has 3 rings (SSSR count). The lowest BCUT2D eigenvalue weighted by Crippen LogP contribution is -2.59. The van der Waals surface area contributed by atoms with E-state index in [1.807, 2.05) is 11.8 Å². The smallest absolute Gasteiger partial charge is 0.211 e. The highest BCUT2D eigenvalue weighted by Crippen LogP contribution is 2.29. The van der Waals surface area contributed by atoms with Crippen molar-refractivity contribution in [3.8, 4) is 0 Å². The SMILES string of the molecule is Cc1[nH]cnc1CN1CCN(S(C)(=O)=O)[C@@H]2CS(=O)(=O)C[C@@H]21. The largest absolute Gasteiger partial charge is 0.348 e. The van der Waals surface area contributed by atoms with Crippen molar-refractivity contribution in [3.63, 3.8) is 0 Å². The van der Waals surface area contributed by atoms with Gasteiger partial charge in [-0.15, -0.1) is 0 Å². The zero-order valence-corrected chi connectivity index (χ0v) is 14.2. The molecule has 0 saturated carbocycles. The van der Waals surface area contributed by atoms with E-state index in [4.69, 9.17) is 0 Å². The van der Waals surface area contributed by atoms with Crippen LogP contribution in [0.1, 0.15) is 11.4 Å². The van der Waals surface area contributed by atoms with E-state index in [9.17, 15) is 16.8 Å². The van der Waals surface area contributed by atoms with Gasteiger partial charge >= 0.3 is 0 Å². The Morgan fingerprint density at radius 3 is 2.59 bits per heavy atom. The predicted octanol–water partition coefficient (Wildman–Crippen LogP) is -1.04. The summed E-state index contributed by atoms with van der Waals surface area (Å²) >= 11 is 0. The molecule has 0 aliphatic carbocycles. The Morgan fingerprint density at radius 1 is 1.32 bits per heavy atom. The minimum atomic E-state index is -3.40. The van der Waals surface area contributed by atoms with Gasteiger partial charge in [0.05, 0.1) is 35.8 Å². The summed E-state index contributed by atoms with van der Waals surface area (Å²) in [7, 11) is -6.62. The standard InChI is InChI=1S/C12H20N4O4S2/c1-9-10(14-8-13-9)5-15-3-4-16(21(2,17)18)12-7-22(19,20)6-11(12)15/h8,11-12H,3-7H2,1-2H3,(H,13,14)/t11-,12+/m0/s1. The Bertz CT molecular complexity index is 771. The number of hydrogen-bond acceptors (Lipinski definition) is 6. The van der Waals surface area contributed by atoms with Crippen LogP contribution in [0.15, 0.2) is 6.33 Å². The molecule has 0 bridgehead atoms. The number of aromatic nitrogens is 2. The molecule has 3 heterocycles. The molecular weight excluding hydrogens is 328 g/mol. The van der Waals surface area contributed by atoms with E-state index >= 15 is 0 Å². The number of imidazole rings is 1. The fraction of sp³-hybridized carbons (Fsp3) is 0.750. The molecule has 1 aromatic heterocycles. The van der Waals surface area contributed by atoms with Crippen LogP contribution in [0.5, 0.6) is 0 Å². The van der Waals surface area contributed by atoms with Gasteiger partial charge in [0.15, 0.2) is 9.84 Å². The highest BCUT2D eigenvalue weighted by atomic mass is 32.2. The molecule has 2 atom stereocenters. The van der Waals surface area contributed by atoms with Crippen molar-refractivity contribution in [1.29, 1.82) is 0 Å². The first-order valence-electron chi connectivity index (χ1n) is 7.07. The number of sulfonamides is 1. The summed E-state index contributed by atoms with van der Waals surface area (Å²) in [5.41, 5.74) is 1.82. The van der Waals surface area contributed by atoms with E-state index in [-0.39, 0.29) is 17.5 Å². The maximum absolute atomic E-state index is 12.0. The van der Waals surface area contributed by atoms with Crippen molar-refractivity contribution < 1.29 is 16.8 Å². The molecule has 2 aliphatic rings. The lowest BCUT2D eigenvalue weighted by atomic mass is 10.1. The lowest BCUT2D eigenvalue weighted by Gasteiger charge is -2.42. The van der Waals surface area contributed by atoms with E-state index in [1.54, 1.807) is 6.33 Å². The molecular formula is C12H20N4O4S2. The van der Waals surface area contributed by atoms with Crippen molar-refractivity contribution in [1.82, 2.24) is 19.2 Å². The molecule has 2 fully saturated rings. The van der Waals surface area contributed by atoms with Crippen LogP contribution >= 0.6 is 0 Å². The Labute approximate surface area is 130 Å². The van der Waals surface area contributed by atoms with E-state index in [2.05, 4.69) is 9.97 Å². The molecule has 124 valence electrons. The quantitative estimate of drug-likeness (QED) is 0.748. The third-order valence-electron chi connectivity index (χ3n) is 4.45. The Kier molecular flexibility index (Phi) is 3.83. The summed E-state index contributed by atoms with van der Waals surface area (Å²) in [6.45, 7) is 3.27. The molecule has 10 heteroatoms. The summed E-state index contributed by atoms with van der Waals surface area (Å²) in [5, 5.41) is 0. The first-order valence-corrected chi connectivity index (χ1v) is 10.7. The Hall–Kier alpha value is -0.970. The van der Waals surface area contributed by atoms with Gasteiger partial charge in [-0.1, -0.05) is 0 Å². The van der Waals surface area contributed by atoms with Gasteiger partial charge in [-0.25, -0.2) is 21.8 Å². The molecule has 1 aromatic rings. The van der Waals surface area contributed by atoms with Crippen molar-refractivity contribution >= 4 is 19.9 Å². The number of rotatable bonds is 3. The molecule has 2 saturated heterocycles. The van der Waals surface area contributed by atoms with Crippen LogP contribution in [0.25, 0.3) is 0 Å². The van der Waals surface area contributed by atoms with Gasteiger partial charge in [0.2, 0.25) is 10.0 Å². The number of sulfone groups is 1. The highest BCUT2D eigenvalue weighted by molar-refractivity contribution is 7.92. The van der Waals surface area contributed by atoms with E-state index in [0.717, 1.165) is 17.6 Å². The third kappa shape index (κ3) is 2.92. The second-order valence-electron chi connectivity index (χ2n) is 6.03. The summed E-state index contributed by atoms with van der Waals surface area (Å²) in [4.78, 5) is 9.30. The molecule has 0 aromatic carbocycles. The maximum atomic E-state index is 12.0. The van der Waals surface area contributed by atoms with Crippen molar-refractivity contribution in [2.75, 3.05) is 30.9 Å². The molecule has 0 spiro atoms. The molecule has 2 aliphatic heterocycles. The molecule has 0 amide bonds. The average molecular weight is 348 g/mol. The fourth-order valence-electron chi connectivity index (χ4n) is 3.34. The highest BCUT2D eigenvalue weighted by Gasteiger charge is 2.49. The maximum Gasteiger partial charge on any atom is 0.211 e. The third-order valence-corrected chi connectivity index (χ3v) is 7.46. The molecule has 0 radical (unpaired) electrons. The van der Waals surface area contributed by atoms with Crippen LogP contribution in [-0.4, -0.2) is 78.9 Å². The zero-order valence-electron chi connectivity index (χ0n) is 12.6. The second kappa shape index (κ2) is 5.29. The van der Waals surface area contributed by atoms with Gasteiger partial charge in [-0.3, -0.25) is 4.90 Å². The van der Waals surface area contributed by atoms with Crippen molar-refractivity contribution in [3.05, 3.63) is 17.7 Å². The fourth-order valence-corrected chi connectivity index (χ4v) is 6.57. The predicted molar refractivity (Wildman–Crippen MR) is 81.5 cm³/mol. The van der Waals surface area contributed by atoms with E-state index in [0.29, 0.717) is 19.6 Å². The average Bonchev–Trinajstić information content (AvgIpc) is 2.91. The summed E-state index contributed by atoms with van der Waals surface area (Å²) in [6, 6.07) is -0.794. The number of aryl methyl sites for hydroxylation is 1. The second-order valence-corrected chi connectivity index (χ2v) is 10.1. The minimum absolute atomic E-state index is 0.00710. The topological polar surface area (TPSA) is 103 Å². The minimum Gasteiger partial charge on any atom is -0.348 e. The van der Waals surface area contributed by atoms with Gasteiger partial charge in [-0.05, 0) is 6.92 Å². The van der Waals surface area contributed by atoms with Crippen LogP contribution in [0.2, 0.25) is 0 Å². The number of piperazine rings is 1. The first-order chi connectivity index (χ1) is 10.2. The number of nitrogens with one attached hydrogen (secondary N) is 1. The number of fused-ring (bicyclic) bond motifs is 1. The molecule has 22 heavy (non-hydrogen) atoms. The van der Waals surface area contributed by atoms with Crippen molar-refractivity contribution in [2.24, 2.45) is 0 Å². The van der Waals surface area contributed by atoms with Gasteiger partial charge in [0.25, 0.3) is 0 Å². The van der Waals surface area contributed by atoms with E-state index < -0.39 is 25.9 Å². The van der Waals surface area contributed by atoms with Gasteiger partial charge < -0.3 is 4.98 Å². The number of nitrogens with zero attached hydrogens (tertiary/aromatic N) is 3. The Morgan fingerprint density at radius 2 is 2.00 bits per heavy atom. The normalized spacial score (nSPS) is 29.5. The summed E-state index contributed by atoms with van der Waals surface area (Å²) in [5.74, 6) is -0.0893. The molecule has 1 N–H and O–H groups in total.